The molecule has 0 unspecified atom stereocenters. The summed E-state index contributed by atoms with van der Waals surface area (Å²) in [7, 11) is 1.86. The maximum absolute atomic E-state index is 11.8. The van der Waals surface area contributed by atoms with Crippen LogP contribution in [-0.4, -0.2) is 15.7 Å². The van der Waals surface area contributed by atoms with E-state index in [-0.39, 0.29) is 6.61 Å². The summed E-state index contributed by atoms with van der Waals surface area (Å²) in [5.74, 6) is -0.422. The first kappa shape index (κ1) is 16.6. The molecule has 0 fully saturated rings. The van der Waals surface area contributed by atoms with Crippen LogP contribution >= 0.6 is 23.2 Å². The fourth-order valence-corrected chi connectivity index (χ4v) is 2.34. The normalized spacial score (nSPS) is 11.1. The van der Waals surface area contributed by atoms with Crippen molar-refractivity contribution in [1.29, 1.82) is 0 Å². The molecule has 0 radical (unpaired) electrons. The van der Waals surface area contributed by atoms with Crippen LogP contribution in [0.1, 0.15) is 22.5 Å². The van der Waals surface area contributed by atoms with Gasteiger partial charge < -0.3 is 4.74 Å². The van der Waals surface area contributed by atoms with E-state index < -0.39 is 5.97 Å². The number of hydrogen-bond donors (Lipinski definition) is 0. The van der Waals surface area contributed by atoms with Gasteiger partial charge in [0.2, 0.25) is 0 Å². The number of benzene rings is 1. The van der Waals surface area contributed by atoms with E-state index in [4.69, 9.17) is 27.9 Å². The number of carbonyl (C=O) groups is 1. The van der Waals surface area contributed by atoms with E-state index in [1.165, 1.54) is 6.08 Å². The Hall–Kier alpha value is -1.78. The van der Waals surface area contributed by atoms with Gasteiger partial charge >= 0.3 is 5.97 Å². The van der Waals surface area contributed by atoms with Crippen molar-refractivity contribution in [3.05, 3.63) is 56.8 Å². The number of ether oxygens (including phenoxy) is 1. The van der Waals surface area contributed by atoms with E-state index in [0.29, 0.717) is 10.0 Å². The molecule has 0 spiro atoms. The fourth-order valence-electron chi connectivity index (χ4n) is 2.01. The molecule has 1 aromatic heterocycles. The van der Waals surface area contributed by atoms with Gasteiger partial charge in [-0.05, 0) is 37.6 Å². The first-order chi connectivity index (χ1) is 10.4. The molecule has 116 valence electrons. The van der Waals surface area contributed by atoms with Crippen molar-refractivity contribution in [2.75, 3.05) is 0 Å². The molecule has 0 aliphatic rings. The lowest BCUT2D eigenvalue weighted by molar-refractivity contribution is -0.138. The van der Waals surface area contributed by atoms with Gasteiger partial charge in [-0.25, -0.2) is 4.79 Å². The Morgan fingerprint density at radius 1 is 1.32 bits per heavy atom. The maximum atomic E-state index is 11.8. The molecule has 2 rings (SSSR count). The van der Waals surface area contributed by atoms with Crippen LogP contribution in [0, 0.1) is 13.8 Å². The molecule has 6 heteroatoms. The lowest BCUT2D eigenvalue weighted by Gasteiger charge is -2.04. The highest BCUT2D eigenvalue weighted by atomic mass is 35.5. The van der Waals surface area contributed by atoms with Crippen molar-refractivity contribution >= 4 is 35.2 Å². The fraction of sp³-hybridized carbons (Fsp3) is 0.250. The monoisotopic (exact) mass is 338 g/mol. The molecule has 1 heterocycles. The smallest absolute Gasteiger partial charge is 0.331 e. The van der Waals surface area contributed by atoms with E-state index >= 15 is 0 Å². The Labute approximate surface area is 139 Å². The summed E-state index contributed by atoms with van der Waals surface area (Å²) >= 11 is 11.7. The second-order valence-corrected chi connectivity index (χ2v) is 5.71. The molecule has 2 aromatic rings. The van der Waals surface area contributed by atoms with Crippen LogP contribution in [-0.2, 0) is 23.2 Å². The van der Waals surface area contributed by atoms with Crippen LogP contribution in [0.5, 0.6) is 0 Å². The molecular weight excluding hydrogens is 323 g/mol. The van der Waals surface area contributed by atoms with Crippen LogP contribution in [0.25, 0.3) is 6.08 Å². The zero-order valence-electron chi connectivity index (χ0n) is 12.6. The highest BCUT2D eigenvalue weighted by molar-refractivity contribution is 6.42. The number of esters is 1. The number of hydrogen-bond acceptors (Lipinski definition) is 3. The predicted molar refractivity (Wildman–Crippen MR) is 88.0 cm³/mol. The third-order valence-electron chi connectivity index (χ3n) is 3.32. The summed E-state index contributed by atoms with van der Waals surface area (Å²) < 4.78 is 6.95. The molecule has 1 aromatic carbocycles. The van der Waals surface area contributed by atoms with Gasteiger partial charge in [0, 0.05) is 24.4 Å². The third-order valence-corrected chi connectivity index (χ3v) is 4.06. The molecule has 0 aliphatic heterocycles. The minimum absolute atomic E-state index is 0.144. The molecule has 22 heavy (non-hydrogen) atoms. The minimum Gasteiger partial charge on any atom is -0.458 e. The Morgan fingerprint density at radius 2 is 2.05 bits per heavy atom. The Morgan fingerprint density at radius 3 is 2.64 bits per heavy atom. The molecule has 0 aliphatic carbocycles. The largest absolute Gasteiger partial charge is 0.458 e. The van der Waals surface area contributed by atoms with Crippen LogP contribution in [0.15, 0.2) is 24.3 Å². The SMILES string of the molecule is Cc1nn(C)c(C)c1/C=C/C(=O)OCc1ccc(Cl)c(Cl)c1. The van der Waals surface area contributed by atoms with Crippen LogP contribution in [0.2, 0.25) is 10.0 Å². The van der Waals surface area contributed by atoms with Gasteiger partial charge in [-0.15, -0.1) is 0 Å². The van der Waals surface area contributed by atoms with Gasteiger partial charge in [0.1, 0.15) is 6.61 Å². The van der Waals surface area contributed by atoms with Gasteiger partial charge in [-0.3, -0.25) is 4.68 Å². The molecule has 0 saturated heterocycles. The lowest BCUT2D eigenvalue weighted by Crippen LogP contribution is -2.01. The van der Waals surface area contributed by atoms with Crippen molar-refractivity contribution in [1.82, 2.24) is 9.78 Å². The summed E-state index contributed by atoms with van der Waals surface area (Å²) in [6, 6.07) is 5.11. The van der Waals surface area contributed by atoms with Gasteiger partial charge in [0.05, 0.1) is 15.7 Å². The summed E-state index contributed by atoms with van der Waals surface area (Å²) in [5.41, 5.74) is 3.57. The Bertz CT molecular complexity index is 736. The Balaban J connectivity index is 1.98. The number of aromatic nitrogens is 2. The minimum atomic E-state index is -0.422. The second kappa shape index (κ2) is 6.99. The van der Waals surface area contributed by atoms with Crippen molar-refractivity contribution in [2.45, 2.75) is 20.5 Å². The van der Waals surface area contributed by atoms with Gasteiger partial charge in [-0.2, -0.15) is 5.10 Å². The first-order valence-corrected chi connectivity index (χ1v) is 7.43. The lowest BCUT2D eigenvalue weighted by atomic mass is 10.2. The topological polar surface area (TPSA) is 44.1 Å². The van der Waals surface area contributed by atoms with E-state index in [1.807, 2.05) is 20.9 Å². The highest BCUT2D eigenvalue weighted by Crippen LogP contribution is 2.23. The van der Waals surface area contributed by atoms with E-state index in [9.17, 15) is 4.79 Å². The molecule has 0 bridgehead atoms. The molecule has 4 nitrogen and oxygen atoms in total. The average Bonchev–Trinajstić information content (AvgIpc) is 2.71. The van der Waals surface area contributed by atoms with Crippen LogP contribution in [0.3, 0.4) is 0 Å². The van der Waals surface area contributed by atoms with Crippen molar-refractivity contribution < 1.29 is 9.53 Å². The number of halogens is 2. The molecular formula is C16H16Cl2N2O2. The molecule has 0 N–H and O–H groups in total. The summed E-state index contributed by atoms with van der Waals surface area (Å²) in [6.07, 6.45) is 3.11. The van der Waals surface area contributed by atoms with Crippen molar-refractivity contribution in [2.24, 2.45) is 7.05 Å². The van der Waals surface area contributed by atoms with Crippen molar-refractivity contribution in [3.63, 3.8) is 0 Å². The van der Waals surface area contributed by atoms with E-state index in [1.54, 1.807) is 29.0 Å². The average molecular weight is 339 g/mol. The van der Waals surface area contributed by atoms with Gasteiger partial charge in [0.25, 0.3) is 0 Å². The second-order valence-electron chi connectivity index (χ2n) is 4.90. The number of aryl methyl sites for hydroxylation is 2. The number of carbonyl (C=O) groups excluding carboxylic acids is 1. The maximum Gasteiger partial charge on any atom is 0.331 e. The zero-order chi connectivity index (χ0) is 16.3. The summed E-state index contributed by atoms with van der Waals surface area (Å²) in [5, 5.41) is 5.20. The molecule has 0 atom stereocenters. The van der Waals surface area contributed by atoms with Crippen molar-refractivity contribution in [3.8, 4) is 0 Å². The first-order valence-electron chi connectivity index (χ1n) is 6.67. The van der Waals surface area contributed by atoms with Gasteiger partial charge in [-0.1, -0.05) is 29.3 Å². The highest BCUT2D eigenvalue weighted by Gasteiger charge is 2.07. The standard InChI is InChI=1S/C16H16Cl2N2O2/c1-10-13(11(2)20(3)19-10)5-7-16(21)22-9-12-4-6-14(17)15(18)8-12/h4-8H,9H2,1-3H3/b7-5+. The van der Waals surface area contributed by atoms with E-state index in [0.717, 1.165) is 22.5 Å². The molecule has 0 amide bonds. The van der Waals surface area contributed by atoms with E-state index in [2.05, 4.69) is 5.10 Å². The van der Waals surface area contributed by atoms with Crippen LogP contribution in [0.4, 0.5) is 0 Å². The third kappa shape index (κ3) is 3.90. The van der Waals surface area contributed by atoms with Gasteiger partial charge in [0.15, 0.2) is 0 Å². The Kier molecular flexibility index (Phi) is 5.27. The zero-order valence-corrected chi connectivity index (χ0v) is 14.1. The number of nitrogens with zero attached hydrogens (tertiary/aromatic N) is 2. The number of rotatable bonds is 4. The summed E-state index contributed by atoms with van der Waals surface area (Å²) in [6.45, 7) is 3.99. The predicted octanol–water partition coefficient (Wildman–Crippen LogP) is 4.10. The molecule has 0 saturated carbocycles. The summed E-state index contributed by atoms with van der Waals surface area (Å²) in [4.78, 5) is 11.8. The quantitative estimate of drug-likeness (QED) is 0.622. The van der Waals surface area contributed by atoms with Crippen LogP contribution < -0.4 is 0 Å².